The fourth-order valence-electron chi connectivity index (χ4n) is 3.32. The SMILES string of the molecule is COc1cc(OC)cc([C@H](NC(=O)c2cnn(-c3ccccc3)c2)c2nccn2C)c1. The quantitative estimate of drug-likeness (QED) is 0.500. The van der Waals surface area contributed by atoms with E-state index < -0.39 is 6.04 Å². The minimum Gasteiger partial charge on any atom is -0.497 e. The zero-order valence-corrected chi connectivity index (χ0v) is 17.5. The van der Waals surface area contributed by atoms with Gasteiger partial charge in [0.15, 0.2) is 0 Å². The molecule has 0 aliphatic heterocycles. The van der Waals surface area contributed by atoms with Gasteiger partial charge in [-0.1, -0.05) is 18.2 Å². The molecular formula is C23H23N5O3. The van der Waals surface area contributed by atoms with E-state index in [4.69, 9.17) is 9.47 Å². The highest BCUT2D eigenvalue weighted by Gasteiger charge is 2.23. The summed E-state index contributed by atoms with van der Waals surface area (Å²) in [5.74, 6) is 1.66. The summed E-state index contributed by atoms with van der Waals surface area (Å²) in [4.78, 5) is 17.6. The van der Waals surface area contributed by atoms with E-state index in [2.05, 4.69) is 15.4 Å². The topological polar surface area (TPSA) is 83.2 Å². The maximum atomic E-state index is 13.1. The molecule has 0 aliphatic rings. The van der Waals surface area contributed by atoms with E-state index in [1.807, 2.05) is 60.3 Å². The Bertz CT molecular complexity index is 1160. The number of rotatable bonds is 7. The van der Waals surface area contributed by atoms with Crippen molar-refractivity contribution in [2.24, 2.45) is 7.05 Å². The summed E-state index contributed by atoms with van der Waals surface area (Å²) in [5, 5.41) is 7.39. The highest BCUT2D eigenvalue weighted by molar-refractivity contribution is 5.94. The van der Waals surface area contributed by atoms with E-state index >= 15 is 0 Å². The van der Waals surface area contributed by atoms with Crippen LogP contribution < -0.4 is 14.8 Å². The molecule has 158 valence electrons. The molecular weight excluding hydrogens is 394 g/mol. The molecule has 2 heterocycles. The monoisotopic (exact) mass is 417 g/mol. The summed E-state index contributed by atoms with van der Waals surface area (Å²) >= 11 is 0. The first kappa shape index (κ1) is 20.2. The first-order valence-corrected chi connectivity index (χ1v) is 9.70. The van der Waals surface area contributed by atoms with Crippen LogP contribution in [0.15, 0.2) is 73.3 Å². The average Bonchev–Trinajstić information content (AvgIpc) is 3.47. The zero-order valence-electron chi connectivity index (χ0n) is 17.5. The number of hydrogen-bond donors (Lipinski definition) is 1. The Labute approximate surface area is 180 Å². The van der Waals surface area contributed by atoms with Gasteiger partial charge >= 0.3 is 0 Å². The number of carbonyl (C=O) groups excluding carboxylic acids is 1. The van der Waals surface area contributed by atoms with E-state index in [-0.39, 0.29) is 5.91 Å². The van der Waals surface area contributed by atoms with Crippen LogP contribution in [-0.2, 0) is 7.05 Å². The van der Waals surface area contributed by atoms with Gasteiger partial charge in [-0.15, -0.1) is 0 Å². The molecule has 4 rings (SSSR count). The zero-order chi connectivity index (χ0) is 21.8. The normalized spacial score (nSPS) is 11.7. The number of amides is 1. The Balaban J connectivity index is 1.67. The molecule has 4 aromatic rings. The molecule has 1 amide bonds. The van der Waals surface area contributed by atoms with Crippen LogP contribution >= 0.6 is 0 Å². The largest absolute Gasteiger partial charge is 0.497 e. The summed E-state index contributed by atoms with van der Waals surface area (Å²) < 4.78 is 14.3. The molecule has 2 aromatic heterocycles. The standard InChI is InChI=1S/C23H23N5O3/c1-27-10-9-24-22(27)21(16-11-19(30-2)13-20(12-16)31-3)26-23(29)17-14-25-28(15-17)18-7-5-4-6-8-18/h4-15,21H,1-3H3,(H,26,29)/t21-/m0/s1. The van der Waals surface area contributed by atoms with Crippen LogP contribution in [0.1, 0.15) is 27.8 Å². The second-order valence-corrected chi connectivity index (χ2v) is 6.96. The summed E-state index contributed by atoms with van der Waals surface area (Å²) in [6, 6.07) is 14.6. The van der Waals surface area contributed by atoms with E-state index in [1.165, 1.54) is 0 Å². The fourth-order valence-corrected chi connectivity index (χ4v) is 3.32. The van der Waals surface area contributed by atoms with Gasteiger partial charge in [0.05, 0.1) is 31.7 Å². The van der Waals surface area contributed by atoms with E-state index in [0.29, 0.717) is 22.9 Å². The number of hydrogen-bond acceptors (Lipinski definition) is 5. The Morgan fingerprint density at radius 3 is 2.39 bits per heavy atom. The number of benzene rings is 2. The Morgan fingerprint density at radius 2 is 1.77 bits per heavy atom. The van der Waals surface area contributed by atoms with Crippen LogP contribution in [0.3, 0.4) is 0 Å². The third-order valence-corrected chi connectivity index (χ3v) is 4.96. The summed E-state index contributed by atoms with van der Waals surface area (Å²) in [7, 11) is 5.06. The molecule has 1 atom stereocenters. The highest BCUT2D eigenvalue weighted by atomic mass is 16.5. The molecule has 0 saturated carbocycles. The van der Waals surface area contributed by atoms with Crippen molar-refractivity contribution in [2.45, 2.75) is 6.04 Å². The first-order valence-electron chi connectivity index (χ1n) is 9.70. The number of methoxy groups -OCH3 is 2. The van der Waals surface area contributed by atoms with Gasteiger partial charge < -0.3 is 19.4 Å². The number of ether oxygens (including phenoxy) is 2. The number of carbonyl (C=O) groups is 1. The number of aromatic nitrogens is 4. The van der Waals surface area contributed by atoms with Crippen LogP contribution in [0.4, 0.5) is 0 Å². The second kappa shape index (κ2) is 8.74. The van der Waals surface area contributed by atoms with Crippen LogP contribution in [0, 0.1) is 0 Å². The van der Waals surface area contributed by atoms with Crippen molar-refractivity contribution in [3.63, 3.8) is 0 Å². The summed E-state index contributed by atoms with van der Waals surface area (Å²) in [5.41, 5.74) is 2.10. The Morgan fingerprint density at radius 1 is 1.06 bits per heavy atom. The molecule has 8 nitrogen and oxygen atoms in total. The smallest absolute Gasteiger partial charge is 0.255 e. The summed E-state index contributed by atoms with van der Waals surface area (Å²) in [6.07, 6.45) is 6.77. The molecule has 0 spiro atoms. The number of imidazole rings is 1. The van der Waals surface area contributed by atoms with Crippen molar-refractivity contribution in [3.8, 4) is 17.2 Å². The first-order chi connectivity index (χ1) is 15.1. The lowest BCUT2D eigenvalue weighted by Crippen LogP contribution is -2.31. The predicted octanol–water partition coefficient (Wildman–Crippen LogP) is 3.14. The minimum atomic E-state index is -0.517. The van der Waals surface area contributed by atoms with Gasteiger partial charge in [0.25, 0.3) is 5.91 Å². The molecule has 0 radical (unpaired) electrons. The van der Waals surface area contributed by atoms with Crippen LogP contribution in [0.2, 0.25) is 0 Å². The molecule has 0 unspecified atom stereocenters. The minimum absolute atomic E-state index is 0.267. The highest BCUT2D eigenvalue weighted by Crippen LogP contribution is 2.29. The van der Waals surface area contributed by atoms with Crippen molar-refractivity contribution in [1.82, 2.24) is 24.6 Å². The Kier molecular flexibility index (Phi) is 5.70. The number of para-hydroxylation sites is 1. The molecule has 0 saturated heterocycles. The molecule has 0 fully saturated rings. The third kappa shape index (κ3) is 4.28. The van der Waals surface area contributed by atoms with Crippen LogP contribution in [0.25, 0.3) is 5.69 Å². The third-order valence-electron chi connectivity index (χ3n) is 4.96. The van der Waals surface area contributed by atoms with Crippen molar-refractivity contribution in [2.75, 3.05) is 14.2 Å². The van der Waals surface area contributed by atoms with Crippen molar-refractivity contribution in [1.29, 1.82) is 0 Å². The molecule has 0 bridgehead atoms. The van der Waals surface area contributed by atoms with E-state index in [0.717, 1.165) is 11.3 Å². The number of nitrogens with one attached hydrogen (secondary N) is 1. The van der Waals surface area contributed by atoms with Crippen molar-refractivity contribution < 1.29 is 14.3 Å². The van der Waals surface area contributed by atoms with E-state index in [9.17, 15) is 4.79 Å². The van der Waals surface area contributed by atoms with Gasteiger partial charge in [0.2, 0.25) is 0 Å². The van der Waals surface area contributed by atoms with Gasteiger partial charge in [-0.05, 0) is 29.8 Å². The Hall–Kier alpha value is -4.07. The van der Waals surface area contributed by atoms with Gasteiger partial charge in [-0.2, -0.15) is 5.10 Å². The van der Waals surface area contributed by atoms with Gasteiger partial charge in [0, 0.05) is 31.7 Å². The number of nitrogens with zero attached hydrogens (tertiary/aromatic N) is 4. The fraction of sp³-hybridized carbons (Fsp3) is 0.174. The maximum absolute atomic E-state index is 13.1. The molecule has 31 heavy (non-hydrogen) atoms. The maximum Gasteiger partial charge on any atom is 0.255 e. The summed E-state index contributed by atoms with van der Waals surface area (Å²) in [6.45, 7) is 0. The van der Waals surface area contributed by atoms with Crippen molar-refractivity contribution >= 4 is 5.91 Å². The lowest BCUT2D eigenvalue weighted by Gasteiger charge is -2.20. The lowest BCUT2D eigenvalue weighted by molar-refractivity contribution is 0.0941. The van der Waals surface area contributed by atoms with E-state index in [1.54, 1.807) is 43.6 Å². The molecule has 0 aliphatic carbocycles. The molecule has 8 heteroatoms. The van der Waals surface area contributed by atoms with Crippen LogP contribution in [-0.4, -0.2) is 39.5 Å². The van der Waals surface area contributed by atoms with Gasteiger partial charge in [-0.3, -0.25) is 4.79 Å². The average molecular weight is 417 g/mol. The number of aryl methyl sites for hydroxylation is 1. The molecule has 1 N–H and O–H groups in total. The predicted molar refractivity (Wildman–Crippen MR) is 116 cm³/mol. The van der Waals surface area contributed by atoms with Gasteiger partial charge in [0.1, 0.15) is 23.4 Å². The molecule has 2 aromatic carbocycles. The van der Waals surface area contributed by atoms with Crippen LogP contribution in [0.5, 0.6) is 11.5 Å². The van der Waals surface area contributed by atoms with Gasteiger partial charge in [-0.25, -0.2) is 9.67 Å². The second-order valence-electron chi connectivity index (χ2n) is 6.96. The lowest BCUT2D eigenvalue weighted by atomic mass is 10.0. The van der Waals surface area contributed by atoms with Crippen molar-refractivity contribution in [3.05, 3.63) is 90.3 Å².